The van der Waals surface area contributed by atoms with E-state index < -0.39 is 6.10 Å². The van der Waals surface area contributed by atoms with Gasteiger partial charge in [0, 0.05) is 5.92 Å². The Morgan fingerprint density at radius 3 is 2.53 bits per heavy atom. The molecular weight excluding hydrogens is 212 g/mol. The van der Waals surface area contributed by atoms with Crippen LogP contribution in [0.25, 0.3) is 0 Å². The summed E-state index contributed by atoms with van der Waals surface area (Å²) in [6.45, 7) is 8.50. The molecule has 0 fully saturated rings. The lowest BCUT2D eigenvalue weighted by Crippen LogP contribution is -2.49. The van der Waals surface area contributed by atoms with Gasteiger partial charge in [-0.25, -0.2) is 0 Å². The van der Waals surface area contributed by atoms with Crippen molar-refractivity contribution >= 4 is 0 Å². The van der Waals surface area contributed by atoms with Crippen molar-refractivity contribution in [3.8, 4) is 0 Å². The molecule has 0 aromatic heterocycles. The van der Waals surface area contributed by atoms with Crippen molar-refractivity contribution in [2.45, 2.75) is 64.8 Å². The largest absolute Gasteiger partial charge is 0.386 e. The van der Waals surface area contributed by atoms with E-state index in [1.807, 2.05) is 6.92 Å². The third-order valence-corrected chi connectivity index (χ3v) is 4.51. The van der Waals surface area contributed by atoms with Crippen molar-refractivity contribution in [1.29, 1.82) is 0 Å². The molecular formula is C15H24O2. The Labute approximate surface area is 104 Å². The molecule has 0 unspecified atom stereocenters. The first-order chi connectivity index (χ1) is 8.03. The molecule has 2 nitrogen and oxygen atoms in total. The van der Waals surface area contributed by atoms with E-state index in [-0.39, 0.29) is 11.7 Å². The van der Waals surface area contributed by atoms with Gasteiger partial charge in [0.25, 0.3) is 0 Å². The second-order valence-corrected chi connectivity index (χ2v) is 5.48. The zero-order chi connectivity index (χ0) is 12.6. The van der Waals surface area contributed by atoms with Crippen molar-refractivity contribution in [2.24, 2.45) is 5.92 Å². The molecule has 0 saturated carbocycles. The summed E-state index contributed by atoms with van der Waals surface area (Å²) in [5.74, 6) is 0.361. The van der Waals surface area contributed by atoms with Crippen LogP contribution in [0.4, 0.5) is 0 Å². The van der Waals surface area contributed by atoms with Gasteiger partial charge < -0.3 is 9.84 Å². The lowest BCUT2D eigenvalue weighted by molar-refractivity contribution is -0.137. The van der Waals surface area contributed by atoms with Gasteiger partial charge in [0.05, 0.1) is 11.7 Å². The minimum atomic E-state index is -0.435. The lowest BCUT2D eigenvalue weighted by Gasteiger charge is -2.46. The topological polar surface area (TPSA) is 29.5 Å². The molecule has 2 rings (SSSR count). The van der Waals surface area contributed by atoms with Gasteiger partial charge in [0.15, 0.2) is 0 Å². The first-order valence-corrected chi connectivity index (χ1v) is 6.75. The highest BCUT2D eigenvalue weighted by atomic mass is 16.5. The molecule has 0 amide bonds. The average Bonchev–Trinajstić information content (AvgIpc) is 2.34. The van der Waals surface area contributed by atoms with E-state index in [2.05, 4.69) is 32.9 Å². The number of fused-ring (bicyclic) bond motifs is 1. The summed E-state index contributed by atoms with van der Waals surface area (Å²) in [6, 6.07) is 0. The van der Waals surface area contributed by atoms with Gasteiger partial charge in [-0.05, 0) is 38.7 Å². The van der Waals surface area contributed by atoms with E-state index in [9.17, 15) is 5.11 Å². The van der Waals surface area contributed by atoms with Gasteiger partial charge in [-0.2, -0.15) is 0 Å². The molecule has 0 aromatic carbocycles. The quantitative estimate of drug-likeness (QED) is 0.746. The van der Waals surface area contributed by atoms with Crippen LogP contribution in [-0.4, -0.2) is 22.9 Å². The van der Waals surface area contributed by atoms with Crippen molar-refractivity contribution in [3.05, 3.63) is 23.3 Å². The monoisotopic (exact) mass is 236 g/mol. The Kier molecular flexibility index (Phi) is 3.46. The summed E-state index contributed by atoms with van der Waals surface area (Å²) in [7, 11) is 0. The zero-order valence-corrected chi connectivity index (χ0v) is 11.4. The van der Waals surface area contributed by atoms with E-state index in [4.69, 9.17) is 4.74 Å². The summed E-state index contributed by atoms with van der Waals surface area (Å²) < 4.78 is 6.26. The van der Waals surface area contributed by atoms with Gasteiger partial charge in [-0.3, -0.25) is 0 Å². The number of rotatable bonds is 2. The number of hydrogen-bond donors (Lipinski definition) is 1. The van der Waals surface area contributed by atoms with E-state index in [1.54, 1.807) is 0 Å². The van der Waals surface area contributed by atoms with Crippen LogP contribution in [0.3, 0.4) is 0 Å². The number of ether oxygens (including phenoxy) is 1. The van der Waals surface area contributed by atoms with Gasteiger partial charge in [0.2, 0.25) is 0 Å². The fourth-order valence-electron chi connectivity index (χ4n) is 3.09. The molecule has 3 atom stereocenters. The smallest absolute Gasteiger partial charge is 0.102 e. The summed E-state index contributed by atoms with van der Waals surface area (Å²) in [5, 5.41) is 10.3. The van der Waals surface area contributed by atoms with E-state index >= 15 is 0 Å². The predicted octanol–water partition coefficient (Wildman–Crippen LogP) is 3.22. The van der Waals surface area contributed by atoms with Crippen molar-refractivity contribution in [2.75, 3.05) is 0 Å². The maximum Gasteiger partial charge on any atom is 0.102 e. The van der Waals surface area contributed by atoms with Crippen LogP contribution in [0.15, 0.2) is 23.3 Å². The van der Waals surface area contributed by atoms with Crippen molar-refractivity contribution in [3.63, 3.8) is 0 Å². The molecule has 0 saturated heterocycles. The number of hydrogen-bond acceptors (Lipinski definition) is 2. The maximum atomic E-state index is 10.3. The molecule has 0 spiro atoms. The molecule has 0 radical (unpaired) electrons. The average molecular weight is 236 g/mol. The SMILES string of the molecule is CCC1(CC)C=C(C)[C@@H]2CC=C(C)[C@@H](O)[C@@H]2O1. The second-order valence-electron chi connectivity index (χ2n) is 5.48. The number of aliphatic hydroxyl groups is 1. The second kappa shape index (κ2) is 4.58. The standard InChI is InChI=1S/C15H24O2/c1-5-15(6-2)9-11(4)12-8-7-10(3)13(16)14(12)17-15/h7,9,12-14,16H,5-6,8H2,1-4H3/t12-,13+,14+/m0/s1. The van der Waals surface area contributed by atoms with Crippen LogP contribution in [0, 0.1) is 5.92 Å². The summed E-state index contributed by atoms with van der Waals surface area (Å²) in [4.78, 5) is 0. The highest BCUT2D eigenvalue weighted by Crippen LogP contribution is 2.41. The number of allylic oxidation sites excluding steroid dienone is 1. The molecule has 1 aliphatic heterocycles. The third kappa shape index (κ3) is 2.09. The molecule has 0 aromatic rings. The molecule has 2 aliphatic rings. The highest BCUT2D eigenvalue weighted by molar-refractivity contribution is 5.25. The van der Waals surface area contributed by atoms with Crippen molar-refractivity contribution in [1.82, 2.24) is 0 Å². The predicted molar refractivity (Wildman–Crippen MR) is 69.8 cm³/mol. The summed E-state index contributed by atoms with van der Waals surface area (Å²) >= 11 is 0. The van der Waals surface area contributed by atoms with E-state index in [1.165, 1.54) is 5.57 Å². The lowest BCUT2D eigenvalue weighted by atomic mass is 9.76. The van der Waals surface area contributed by atoms with Crippen LogP contribution in [0.5, 0.6) is 0 Å². The Morgan fingerprint density at radius 2 is 1.94 bits per heavy atom. The van der Waals surface area contributed by atoms with E-state index in [0.717, 1.165) is 24.8 Å². The number of aliphatic hydroxyl groups excluding tert-OH is 1. The minimum Gasteiger partial charge on any atom is -0.386 e. The fraction of sp³-hybridized carbons (Fsp3) is 0.733. The van der Waals surface area contributed by atoms with Gasteiger partial charge in [-0.1, -0.05) is 31.6 Å². The Hall–Kier alpha value is -0.600. The summed E-state index contributed by atoms with van der Waals surface area (Å²) in [6.07, 6.45) is 6.89. The van der Waals surface area contributed by atoms with E-state index in [0.29, 0.717) is 5.92 Å². The van der Waals surface area contributed by atoms with Crippen LogP contribution in [-0.2, 0) is 4.74 Å². The van der Waals surface area contributed by atoms with Gasteiger partial charge >= 0.3 is 0 Å². The summed E-state index contributed by atoms with van der Waals surface area (Å²) in [5.41, 5.74) is 2.28. The van der Waals surface area contributed by atoms with Gasteiger partial charge in [0.1, 0.15) is 6.10 Å². The molecule has 1 aliphatic carbocycles. The molecule has 1 heterocycles. The van der Waals surface area contributed by atoms with Gasteiger partial charge in [-0.15, -0.1) is 0 Å². The molecule has 17 heavy (non-hydrogen) atoms. The third-order valence-electron chi connectivity index (χ3n) is 4.51. The Balaban J connectivity index is 2.34. The molecule has 1 N–H and O–H groups in total. The van der Waals surface area contributed by atoms with Crippen LogP contribution in [0.1, 0.15) is 47.0 Å². The Bertz CT molecular complexity index is 350. The molecule has 2 heteroatoms. The van der Waals surface area contributed by atoms with Crippen LogP contribution >= 0.6 is 0 Å². The normalized spacial score (nSPS) is 35.9. The zero-order valence-electron chi connectivity index (χ0n) is 11.4. The first-order valence-electron chi connectivity index (χ1n) is 6.75. The van der Waals surface area contributed by atoms with Crippen LogP contribution in [0.2, 0.25) is 0 Å². The molecule has 0 bridgehead atoms. The maximum absolute atomic E-state index is 10.3. The first kappa shape index (κ1) is 12.8. The molecule has 96 valence electrons. The minimum absolute atomic E-state index is 0.0510. The fourth-order valence-corrected chi connectivity index (χ4v) is 3.09. The Morgan fingerprint density at radius 1 is 1.29 bits per heavy atom. The van der Waals surface area contributed by atoms with Crippen molar-refractivity contribution < 1.29 is 9.84 Å². The van der Waals surface area contributed by atoms with Crippen LogP contribution < -0.4 is 0 Å². The highest BCUT2D eigenvalue weighted by Gasteiger charge is 2.43.